The van der Waals surface area contributed by atoms with Crippen LogP contribution in [0.2, 0.25) is 0 Å². The Morgan fingerprint density at radius 2 is 1.89 bits per heavy atom. The summed E-state index contributed by atoms with van der Waals surface area (Å²) in [6, 6.07) is 2.05. The van der Waals surface area contributed by atoms with E-state index in [1.54, 1.807) is 18.8 Å². The summed E-state index contributed by atoms with van der Waals surface area (Å²) in [6.45, 7) is 7.01. The zero-order chi connectivity index (χ0) is 14.3. The molecule has 0 bridgehead atoms. The van der Waals surface area contributed by atoms with Gasteiger partial charge in [-0.1, -0.05) is 0 Å². The number of hydrogen-bond acceptors (Lipinski definition) is 4. The SMILES string of the molecule is COCCNCc1c(C)cc(C)n(CCOC)c1=O. The molecule has 0 saturated heterocycles. The maximum Gasteiger partial charge on any atom is 0.255 e. The number of pyridine rings is 1. The number of ether oxygens (including phenoxy) is 2. The molecule has 0 aromatic carbocycles. The van der Waals surface area contributed by atoms with Gasteiger partial charge in [0, 0.05) is 45.1 Å². The minimum absolute atomic E-state index is 0.0690. The van der Waals surface area contributed by atoms with Gasteiger partial charge in [-0.25, -0.2) is 0 Å². The molecule has 0 aliphatic carbocycles. The van der Waals surface area contributed by atoms with Gasteiger partial charge in [-0.3, -0.25) is 4.79 Å². The molecule has 0 saturated carbocycles. The van der Waals surface area contributed by atoms with Gasteiger partial charge in [-0.15, -0.1) is 0 Å². The van der Waals surface area contributed by atoms with Crippen LogP contribution in [0.15, 0.2) is 10.9 Å². The summed E-state index contributed by atoms with van der Waals surface area (Å²) in [7, 11) is 3.30. The Morgan fingerprint density at radius 3 is 2.53 bits per heavy atom. The van der Waals surface area contributed by atoms with Gasteiger partial charge in [0.15, 0.2) is 0 Å². The third kappa shape index (κ3) is 4.45. The minimum Gasteiger partial charge on any atom is -0.383 e. The van der Waals surface area contributed by atoms with E-state index in [1.807, 2.05) is 19.9 Å². The van der Waals surface area contributed by atoms with Gasteiger partial charge in [0.1, 0.15) is 0 Å². The second-order valence-electron chi connectivity index (χ2n) is 4.57. The smallest absolute Gasteiger partial charge is 0.255 e. The summed E-state index contributed by atoms with van der Waals surface area (Å²) in [5, 5.41) is 3.22. The predicted octanol–water partition coefficient (Wildman–Crippen LogP) is 0.848. The molecule has 1 aromatic heterocycles. The molecule has 19 heavy (non-hydrogen) atoms. The van der Waals surface area contributed by atoms with E-state index in [9.17, 15) is 4.79 Å². The van der Waals surface area contributed by atoms with Crippen molar-refractivity contribution < 1.29 is 9.47 Å². The molecule has 0 spiro atoms. The van der Waals surface area contributed by atoms with Crippen LogP contribution in [0, 0.1) is 13.8 Å². The molecule has 108 valence electrons. The Morgan fingerprint density at radius 1 is 1.21 bits per heavy atom. The molecule has 0 aliphatic rings. The second-order valence-corrected chi connectivity index (χ2v) is 4.57. The minimum atomic E-state index is 0.0690. The summed E-state index contributed by atoms with van der Waals surface area (Å²) in [5.41, 5.74) is 2.89. The Hall–Kier alpha value is -1.17. The first-order valence-electron chi connectivity index (χ1n) is 6.50. The molecule has 5 nitrogen and oxygen atoms in total. The van der Waals surface area contributed by atoms with Crippen LogP contribution < -0.4 is 10.9 Å². The Kier molecular flexibility index (Phi) is 6.77. The number of aromatic nitrogens is 1. The highest BCUT2D eigenvalue weighted by Gasteiger charge is 2.09. The van der Waals surface area contributed by atoms with Gasteiger partial charge in [0.2, 0.25) is 0 Å². The van der Waals surface area contributed by atoms with Crippen molar-refractivity contribution in [1.29, 1.82) is 0 Å². The molecule has 0 fully saturated rings. The molecule has 0 unspecified atom stereocenters. The van der Waals surface area contributed by atoms with E-state index in [1.165, 1.54) is 0 Å². The van der Waals surface area contributed by atoms with E-state index in [4.69, 9.17) is 9.47 Å². The van der Waals surface area contributed by atoms with E-state index in [2.05, 4.69) is 5.32 Å². The molecule has 1 N–H and O–H groups in total. The van der Waals surface area contributed by atoms with Crippen LogP contribution in [-0.4, -0.2) is 38.5 Å². The average molecular weight is 268 g/mol. The average Bonchev–Trinajstić information content (AvgIpc) is 2.37. The largest absolute Gasteiger partial charge is 0.383 e. The molecule has 0 aliphatic heterocycles. The first kappa shape index (κ1) is 15.9. The van der Waals surface area contributed by atoms with Crippen molar-refractivity contribution in [2.45, 2.75) is 26.9 Å². The normalized spacial score (nSPS) is 10.9. The fourth-order valence-corrected chi connectivity index (χ4v) is 2.03. The second kappa shape index (κ2) is 8.09. The molecular formula is C14H24N2O3. The van der Waals surface area contributed by atoms with Crippen LogP contribution in [0.25, 0.3) is 0 Å². The number of hydrogen-bond donors (Lipinski definition) is 1. The molecule has 0 radical (unpaired) electrons. The summed E-state index contributed by atoms with van der Waals surface area (Å²) < 4.78 is 11.8. The number of methoxy groups -OCH3 is 2. The van der Waals surface area contributed by atoms with Gasteiger partial charge in [-0.2, -0.15) is 0 Å². The Bertz CT molecular complexity index is 455. The molecule has 5 heteroatoms. The summed E-state index contributed by atoms with van der Waals surface area (Å²) >= 11 is 0. The highest BCUT2D eigenvalue weighted by molar-refractivity contribution is 5.26. The molecule has 0 amide bonds. The van der Waals surface area contributed by atoms with E-state index < -0.39 is 0 Å². The zero-order valence-corrected chi connectivity index (χ0v) is 12.3. The lowest BCUT2D eigenvalue weighted by Gasteiger charge is -2.14. The molecule has 1 aromatic rings. The lowest BCUT2D eigenvalue weighted by Crippen LogP contribution is -2.31. The van der Waals surface area contributed by atoms with Gasteiger partial charge in [0.05, 0.1) is 13.2 Å². The third-order valence-electron chi connectivity index (χ3n) is 3.13. The molecule has 1 rings (SSSR count). The zero-order valence-electron chi connectivity index (χ0n) is 12.3. The van der Waals surface area contributed by atoms with Crippen molar-refractivity contribution in [2.24, 2.45) is 0 Å². The first-order chi connectivity index (χ1) is 9.11. The van der Waals surface area contributed by atoms with Gasteiger partial charge in [0.25, 0.3) is 5.56 Å². The van der Waals surface area contributed by atoms with Crippen LogP contribution in [0.3, 0.4) is 0 Å². The lowest BCUT2D eigenvalue weighted by molar-refractivity contribution is 0.185. The van der Waals surface area contributed by atoms with E-state index >= 15 is 0 Å². The summed E-state index contributed by atoms with van der Waals surface area (Å²) in [5.74, 6) is 0. The quantitative estimate of drug-likeness (QED) is 0.710. The number of aryl methyl sites for hydroxylation is 2. The van der Waals surface area contributed by atoms with Crippen LogP contribution in [0.1, 0.15) is 16.8 Å². The predicted molar refractivity (Wildman–Crippen MR) is 75.6 cm³/mol. The highest BCUT2D eigenvalue weighted by Crippen LogP contribution is 2.06. The number of nitrogens with one attached hydrogen (secondary N) is 1. The van der Waals surface area contributed by atoms with Crippen molar-refractivity contribution in [3.63, 3.8) is 0 Å². The topological polar surface area (TPSA) is 52.5 Å². The van der Waals surface area contributed by atoms with E-state index in [-0.39, 0.29) is 5.56 Å². The lowest BCUT2D eigenvalue weighted by atomic mass is 10.1. The van der Waals surface area contributed by atoms with Crippen molar-refractivity contribution in [3.8, 4) is 0 Å². The molecular weight excluding hydrogens is 244 g/mol. The summed E-state index contributed by atoms with van der Waals surface area (Å²) in [6.07, 6.45) is 0. The molecule has 0 atom stereocenters. The van der Waals surface area contributed by atoms with Gasteiger partial charge >= 0.3 is 0 Å². The van der Waals surface area contributed by atoms with Crippen molar-refractivity contribution in [2.75, 3.05) is 34.0 Å². The fourth-order valence-electron chi connectivity index (χ4n) is 2.03. The first-order valence-corrected chi connectivity index (χ1v) is 6.50. The number of nitrogens with zero attached hydrogens (tertiary/aromatic N) is 1. The standard InChI is InChI=1S/C14H24N2O3/c1-11-9-12(2)16(6-8-19-4)14(17)13(11)10-15-5-7-18-3/h9,15H,5-8,10H2,1-4H3. The van der Waals surface area contributed by atoms with Crippen molar-refractivity contribution in [3.05, 3.63) is 33.2 Å². The van der Waals surface area contributed by atoms with Gasteiger partial charge in [-0.05, 0) is 25.5 Å². The monoisotopic (exact) mass is 268 g/mol. The number of rotatable bonds is 8. The maximum atomic E-state index is 12.4. The van der Waals surface area contributed by atoms with Crippen LogP contribution >= 0.6 is 0 Å². The highest BCUT2D eigenvalue weighted by atomic mass is 16.5. The van der Waals surface area contributed by atoms with Crippen LogP contribution in [0.5, 0.6) is 0 Å². The van der Waals surface area contributed by atoms with Crippen molar-refractivity contribution >= 4 is 0 Å². The Labute approximate surface area is 114 Å². The van der Waals surface area contributed by atoms with Crippen LogP contribution in [0.4, 0.5) is 0 Å². The summed E-state index contributed by atoms with van der Waals surface area (Å²) in [4.78, 5) is 12.4. The van der Waals surface area contributed by atoms with E-state index in [0.29, 0.717) is 26.3 Å². The van der Waals surface area contributed by atoms with E-state index in [0.717, 1.165) is 23.4 Å². The van der Waals surface area contributed by atoms with Crippen molar-refractivity contribution in [1.82, 2.24) is 9.88 Å². The Balaban J connectivity index is 2.87. The maximum absolute atomic E-state index is 12.4. The van der Waals surface area contributed by atoms with Gasteiger partial charge < -0.3 is 19.4 Å². The fraction of sp³-hybridized carbons (Fsp3) is 0.643. The van der Waals surface area contributed by atoms with Crippen LogP contribution in [-0.2, 0) is 22.6 Å². The molecule has 1 heterocycles. The third-order valence-corrected chi connectivity index (χ3v) is 3.13.